The topological polar surface area (TPSA) is 122 Å². The number of amides is 1. The lowest BCUT2D eigenvalue weighted by atomic mass is 10.1. The van der Waals surface area contributed by atoms with E-state index in [4.69, 9.17) is 15.9 Å². The molecule has 3 heterocycles. The van der Waals surface area contributed by atoms with Gasteiger partial charge in [-0.2, -0.15) is 5.10 Å². The second kappa shape index (κ2) is 9.19. The SMILES string of the molecule is COC1CCN(C(=O)C(C)N/C=C(\C=N)c2cnn3c(-c4cccc(N)c4)cnc3c2)C1. The number of carbonyl (C=O) groups excluding carboxylic acids is 1. The first-order valence-corrected chi connectivity index (χ1v) is 10.5. The number of ether oxygens (including phenoxy) is 1. The van der Waals surface area contributed by atoms with Crippen molar-refractivity contribution in [3.63, 3.8) is 0 Å². The average molecular weight is 434 g/mol. The number of nitrogen functional groups attached to an aromatic ring is 1. The third-order valence-electron chi connectivity index (χ3n) is 5.68. The van der Waals surface area contributed by atoms with Gasteiger partial charge in [0.1, 0.15) is 6.04 Å². The Morgan fingerprint density at radius 1 is 1.38 bits per heavy atom. The summed E-state index contributed by atoms with van der Waals surface area (Å²) in [7, 11) is 1.67. The minimum atomic E-state index is -0.418. The first-order valence-electron chi connectivity index (χ1n) is 10.5. The van der Waals surface area contributed by atoms with Gasteiger partial charge >= 0.3 is 0 Å². The molecule has 9 nitrogen and oxygen atoms in total. The van der Waals surface area contributed by atoms with Crippen molar-refractivity contribution < 1.29 is 9.53 Å². The van der Waals surface area contributed by atoms with Gasteiger partial charge in [-0.05, 0) is 31.5 Å². The van der Waals surface area contributed by atoms with Gasteiger partial charge < -0.3 is 26.1 Å². The average Bonchev–Trinajstić information content (AvgIpc) is 3.45. The van der Waals surface area contributed by atoms with Crippen molar-refractivity contribution in [2.45, 2.75) is 25.5 Å². The summed E-state index contributed by atoms with van der Waals surface area (Å²) in [4.78, 5) is 18.9. The van der Waals surface area contributed by atoms with Gasteiger partial charge in [0.25, 0.3) is 0 Å². The zero-order valence-electron chi connectivity index (χ0n) is 18.2. The van der Waals surface area contributed by atoms with Crippen LogP contribution in [0, 0.1) is 5.41 Å². The molecular weight excluding hydrogens is 406 g/mol. The van der Waals surface area contributed by atoms with E-state index in [-0.39, 0.29) is 12.0 Å². The highest BCUT2D eigenvalue weighted by Gasteiger charge is 2.28. The number of anilines is 1. The summed E-state index contributed by atoms with van der Waals surface area (Å²) in [6.07, 6.45) is 7.29. The zero-order chi connectivity index (χ0) is 22.7. The van der Waals surface area contributed by atoms with Crippen molar-refractivity contribution >= 4 is 29.0 Å². The van der Waals surface area contributed by atoms with Gasteiger partial charge in [-0.1, -0.05) is 12.1 Å². The van der Waals surface area contributed by atoms with E-state index >= 15 is 0 Å². The van der Waals surface area contributed by atoms with Crippen LogP contribution in [0.3, 0.4) is 0 Å². The maximum atomic E-state index is 12.7. The fourth-order valence-corrected chi connectivity index (χ4v) is 3.82. The molecule has 0 aliphatic carbocycles. The Morgan fingerprint density at radius 2 is 2.22 bits per heavy atom. The molecule has 1 aromatic carbocycles. The molecule has 32 heavy (non-hydrogen) atoms. The molecule has 2 atom stereocenters. The number of hydrogen-bond acceptors (Lipinski definition) is 7. The van der Waals surface area contributed by atoms with Crippen molar-refractivity contribution in [3.8, 4) is 11.3 Å². The number of likely N-dealkylation sites (tertiary alicyclic amines) is 1. The lowest BCUT2D eigenvalue weighted by Gasteiger charge is -2.21. The maximum Gasteiger partial charge on any atom is 0.244 e. The van der Waals surface area contributed by atoms with Crippen molar-refractivity contribution in [1.29, 1.82) is 5.41 Å². The van der Waals surface area contributed by atoms with Crippen LogP contribution in [0.4, 0.5) is 5.69 Å². The van der Waals surface area contributed by atoms with Crippen molar-refractivity contribution in [3.05, 3.63) is 54.5 Å². The second-order valence-electron chi connectivity index (χ2n) is 7.85. The largest absolute Gasteiger partial charge is 0.399 e. The molecule has 166 valence electrons. The molecule has 1 aliphatic rings. The van der Waals surface area contributed by atoms with Gasteiger partial charge in [0.2, 0.25) is 5.91 Å². The summed E-state index contributed by atoms with van der Waals surface area (Å²) in [6.45, 7) is 3.12. The first kappa shape index (κ1) is 21.5. The summed E-state index contributed by atoms with van der Waals surface area (Å²) in [5, 5.41) is 15.4. The molecule has 0 spiro atoms. The summed E-state index contributed by atoms with van der Waals surface area (Å²) in [6, 6.07) is 8.99. The predicted molar refractivity (Wildman–Crippen MR) is 124 cm³/mol. The van der Waals surface area contributed by atoms with Gasteiger partial charge in [0.15, 0.2) is 5.65 Å². The number of nitrogens with two attached hydrogens (primary N) is 1. The Labute approximate surface area is 186 Å². The van der Waals surface area contributed by atoms with E-state index < -0.39 is 6.04 Å². The third kappa shape index (κ3) is 4.33. The van der Waals surface area contributed by atoms with E-state index in [1.807, 2.05) is 37.3 Å². The molecule has 0 bridgehead atoms. The second-order valence-corrected chi connectivity index (χ2v) is 7.85. The quantitative estimate of drug-likeness (QED) is 0.388. The number of allylic oxidation sites excluding steroid dienone is 1. The molecule has 4 N–H and O–H groups in total. The number of imidazole rings is 1. The van der Waals surface area contributed by atoms with E-state index in [0.29, 0.717) is 30.0 Å². The lowest BCUT2D eigenvalue weighted by molar-refractivity contribution is -0.132. The van der Waals surface area contributed by atoms with Crippen molar-refractivity contribution in [1.82, 2.24) is 24.8 Å². The van der Waals surface area contributed by atoms with Crippen LogP contribution in [0.2, 0.25) is 0 Å². The van der Waals surface area contributed by atoms with Crippen LogP contribution in [0.25, 0.3) is 22.5 Å². The van der Waals surface area contributed by atoms with E-state index in [2.05, 4.69) is 15.4 Å². The Morgan fingerprint density at radius 3 is 2.94 bits per heavy atom. The molecule has 0 saturated carbocycles. The molecule has 2 unspecified atom stereocenters. The maximum absolute atomic E-state index is 12.7. The smallest absolute Gasteiger partial charge is 0.244 e. The van der Waals surface area contributed by atoms with E-state index in [1.165, 1.54) is 6.21 Å². The molecule has 0 radical (unpaired) electrons. The number of methoxy groups -OCH3 is 1. The van der Waals surface area contributed by atoms with Gasteiger partial charge in [0, 0.05) is 55.0 Å². The highest BCUT2D eigenvalue weighted by molar-refractivity contribution is 6.08. The van der Waals surface area contributed by atoms with Crippen LogP contribution in [-0.2, 0) is 9.53 Å². The normalized spacial score (nSPS) is 17.5. The van der Waals surface area contributed by atoms with Crippen LogP contribution in [0.1, 0.15) is 18.9 Å². The third-order valence-corrected chi connectivity index (χ3v) is 5.68. The van der Waals surface area contributed by atoms with Gasteiger partial charge in [-0.25, -0.2) is 9.50 Å². The summed E-state index contributed by atoms with van der Waals surface area (Å²) >= 11 is 0. The Hall–Kier alpha value is -3.72. The minimum absolute atomic E-state index is 0.0127. The fraction of sp³-hybridized carbons (Fsp3) is 0.304. The number of nitrogens with one attached hydrogen (secondary N) is 2. The highest BCUT2D eigenvalue weighted by Crippen LogP contribution is 2.23. The van der Waals surface area contributed by atoms with Crippen LogP contribution in [0.15, 0.2) is 48.9 Å². The first-order chi connectivity index (χ1) is 15.5. The minimum Gasteiger partial charge on any atom is -0.399 e. The Balaban J connectivity index is 1.51. The fourth-order valence-electron chi connectivity index (χ4n) is 3.82. The molecule has 1 amide bonds. The lowest BCUT2D eigenvalue weighted by Crippen LogP contribution is -2.42. The van der Waals surface area contributed by atoms with E-state index in [1.54, 1.807) is 35.1 Å². The predicted octanol–water partition coefficient (Wildman–Crippen LogP) is 2.19. The van der Waals surface area contributed by atoms with Crippen molar-refractivity contribution in [2.24, 2.45) is 0 Å². The zero-order valence-corrected chi connectivity index (χ0v) is 18.2. The number of aromatic nitrogens is 3. The molecular formula is C23H27N7O2. The number of fused-ring (bicyclic) bond motifs is 1. The van der Waals surface area contributed by atoms with E-state index in [9.17, 15) is 4.79 Å². The van der Waals surface area contributed by atoms with Crippen LogP contribution in [-0.4, -0.2) is 64.0 Å². The number of rotatable bonds is 7. The molecule has 1 saturated heterocycles. The molecule has 1 aliphatic heterocycles. The molecule has 1 fully saturated rings. The van der Waals surface area contributed by atoms with Gasteiger partial charge in [-0.15, -0.1) is 0 Å². The number of carbonyl (C=O) groups is 1. The summed E-state index contributed by atoms with van der Waals surface area (Å²) in [5.41, 5.74) is 10.3. The number of benzene rings is 1. The Kier molecular flexibility index (Phi) is 6.18. The van der Waals surface area contributed by atoms with Gasteiger partial charge in [-0.3, -0.25) is 4.79 Å². The van der Waals surface area contributed by atoms with E-state index in [0.717, 1.165) is 23.2 Å². The van der Waals surface area contributed by atoms with Crippen LogP contribution in [0.5, 0.6) is 0 Å². The summed E-state index contributed by atoms with van der Waals surface area (Å²) < 4.78 is 7.07. The molecule has 9 heteroatoms. The standard InChI is InChI=1S/C23H27N7O2/c1-15(23(31)29-7-6-20(14-29)32-2)26-11-18(10-24)17-9-22-27-13-21(30(22)28-12-17)16-4-3-5-19(25)8-16/h3-5,8-13,15,20,24,26H,6-7,14,25H2,1-2H3/b18-11+,24-10?. The van der Waals surface area contributed by atoms with Gasteiger partial charge in [0.05, 0.1) is 24.2 Å². The molecule has 3 aromatic rings. The highest BCUT2D eigenvalue weighted by atomic mass is 16.5. The Bertz CT molecular complexity index is 1170. The van der Waals surface area contributed by atoms with Crippen molar-refractivity contribution in [2.75, 3.05) is 25.9 Å². The van der Waals surface area contributed by atoms with Crippen LogP contribution >= 0.6 is 0 Å². The molecule has 2 aromatic heterocycles. The molecule has 4 rings (SSSR count). The van der Waals surface area contributed by atoms with Crippen LogP contribution < -0.4 is 11.1 Å². The summed E-state index contributed by atoms with van der Waals surface area (Å²) in [5.74, 6) is 0.0127. The number of hydrogen-bond donors (Lipinski definition) is 3. The monoisotopic (exact) mass is 433 g/mol. The number of nitrogens with zero attached hydrogens (tertiary/aromatic N) is 4.